The zero-order valence-electron chi connectivity index (χ0n) is 6.90. The predicted octanol–water partition coefficient (Wildman–Crippen LogP) is -0.393. The smallest absolute Gasteiger partial charge is 0.0961 e. The molecule has 1 fully saturated rings. The van der Waals surface area contributed by atoms with Gasteiger partial charge in [0.25, 0.3) is 0 Å². The lowest BCUT2D eigenvalue weighted by molar-refractivity contribution is 0.0432. The van der Waals surface area contributed by atoms with Gasteiger partial charge in [0.2, 0.25) is 0 Å². The molecule has 1 aliphatic rings. The van der Waals surface area contributed by atoms with Crippen molar-refractivity contribution in [1.29, 1.82) is 0 Å². The van der Waals surface area contributed by atoms with Crippen LogP contribution < -0.4 is 5.32 Å². The summed E-state index contributed by atoms with van der Waals surface area (Å²) >= 11 is 0. The van der Waals surface area contributed by atoms with Crippen molar-refractivity contribution in [3.8, 4) is 0 Å². The highest BCUT2D eigenvalue weighted by molar-refractivity contribution is 4.89. The molecule has 2 N–H and O–H groups in total. The first-order valence-electron chi connectivity index (χ1n) is 4.17. The Morgan fingerprint density at radius 2 is 2.58 bits per heavy atom. The van der Waals surface area contributed by atoms with Gasteiger partial charge in [0, 0.05) is 18.9 Å². The summed E-state index contributed by atoms with van der Waals surface area (Å²) in [6.07, 6.45) is 6.16. The van der Waals surface area contributed by atoms with Crippen LogP contribution in [-0.4, -0.2) is 33.3 Å². The van der Waals surface area contributed by atoms with Crippen LogP contribution >= 0.6 is 0 Å². The first-order valence-corrected chi connectivity index (χ1v) is 4.17. The zero-order valence-corrected chi connectivity index (χ0v) is 6.90. The van der Waals surface area contributed by atoms with E-state index in [1.54, 1.807) is 12.5 Å². The molecule has 0 spiro atoms. The molecular weight excluding hydrogens is 154 g/mol. The molecule has 1 aromatic heterocycles. The van der Waals surface area contributed by atoms with Crippen molar-refractivity contribution < 1.29 is 5.11 Å². The highest BCUT2D eigenvalue weighted by Gasteiger charge is 2.30. The topological polar surface area (TPSA) is 50.1 Å². The van der Waals surface area contributed by atoms with Crippen LogP contribution in [0.2, 0.25) is 0 Å². The molecule has 4 nitrogen and oxygen atoms in total. The molecule has 0 saturated carbocycles. The molecule has 0 aliphatic carbocycles. The van der Waals surface area contributed by atoms with E-state index in [1.165, 1.54) is 0 Å². The second kappa shape index (κ2) is 2.88. The van der Waals surface area contributed by atoms with Crippen LogP contribution in [0.3, 0.4) is 0 Å². The lowest BCUT2D eigenvalue weighted by Gasteiger charge is -2.21. The summed E-state index contributed by atoms with van der Waals surface area (Å²) in [5.41, 5.74) is -0.569. The highest BCUT2D eigenvalue weighted by atomic mass is 16.3. The molecule has 1 atom stereocenters. The Kier molecular flexibility index (Phi) is 1.86. The number of hydrogen-bond acceptors (Lipinski definition) is 3. The van der Waals surface area contributed by atoms with E-state index in [0.717, 1.165) is 13.0 Å². The summed E-state index contributed by atoms with van der Waals surface area (Å²) in [6.45, 7) is 2.23. The third-order valence-electron chi connectivity index (χ3n) is 2.26. The number of rotatable bonds is 2. The van der Waals surface area contributed by atoms with Gasteiger partial charge in [-0.05, 0) is 13.0 Å². The Bertz CT molecular complexity index is 239. The van der Waals surface area contributed by atoms with Gasteiger partial charge in [-0.15, -0.1) is 0 Å². The van der Waals surface area contributed by atoms with Gasteiger partial charge >= 0.3 is 0 Å². The minimum Gasteiger partial charge on any atom is -0.387 e. The number of nitrogens with one attached hydrogen (secondary N) is 1. The van der Waals surface area contributed by atoms with Gasteiger partial charge in [-0.25, -0.2) is 4.98 Å². The van der Waals surface area contributed by atoms with E-state index in [0.29, 0.717) is 13.1 Å². The molecule has 2 heterocycles. The van der Waals surface area contributed by atoms with Gasteiger partial charge in [0.15, 0.2) is 0 Å². The summed E-state index contributed by atoms with van der Waals surface area (Å²) in [7, 11) is 0. The normalized spacial score (nSPS) is 29.4. The average molecular weight is 167 g/mol. The molecule has 0 radical (unpaired) electrons. The van der Waals surface area contributed by atoms with Crippen LogP contribution in [0.15, 0.2) is 18.7 Å². The third kappa shape index (κ3) is 1.49. The molecule has 4 heteroatoms. The maximum atomic E-state index is 9.95. The van der Waals surface area contributed by atoms with Crippen LogP contribution in [0.1, 0.15) is 6.42 Å². The van der Waals surface area contributed by atoms with Crippen molar-refractivity contribution in [2.45, 2.75) is 18.6 Å². The number of aliphatic hydroxyl groups is 1. The van der Waals surface area contributed by atoms with E-state index >= 15 is 0 Å². The molecule has 12 heavy (non-hydrogen) atoms. The molecule has 1 saturated heterocycles. The minimum atomic E-state index is -0.569. The van der Waals surface area contributed by atoms with E-state index in [4.69, 9.17) is 0 Å². The monoisotopic (exact) mass is 167 g/mol. The van der Waals surface area contributed by atoms with Gasteiger partial charge in [0.1, 0.15) is 0 Å². The molecule has 1 unspecified atom stereocenters. The van der Waals surface area contributed by atoms with E-state index in [9.17, 15) is 5.11 Å². The average Bonchev–Trinajstić information content (AvgIpc) is 2.62. The van der Waals surface area contributed by atoms with Crippen LogP contribution in [0.25, 0.3) is 0 Å². The van der Waals surface area contributed by atoms with Crippen LogP contribution in [0.4, 0.5) is 0 Å². The quantitative estimate of drug-likeness (QED) is 0.630. The Balaban J connectivity index is 2.02. The Labute approximate surface area is 71.2 Å². The Hall–Kier alpha value is -0.870. The molecule has 1 aliphatic heterocycles. The number of β-amino-alcohol motifs (C(OH)–C–C–N with tert-alkyl or cyclic N) is 1. The number of aromatic nitrogens is 2. The summed E-state index contributed by atoms with van der Waals surface area (Å²) in [5, 5.41) is 13.1. The summed E-state index contributed by atoms with van der Waals surface area (Å²) in [5.74, 6) is 0. The second-order valence-electron chi connectivity index (χ2n) is 3.39. The van der Waals surface area contributed by atoms with E-state index in [2.05, 4.69) is 10.3 Å². The maximum absolute atomic E-state index is 9.95. The van der Waals surface area contributed by atoms with Crippen LogP contribution in [-0.2, 0) is 6.54 Å². The van der Waals surface area contributed by atoms with Gasteiger partial charge in [-0.2, -0.15) is 0 Å². The second-order valence-corrected chi connectivity index (χ2v) is 3.39. The first kappa shape index (κ1) is 7.76. The van der Waals surface area contributed by atoms with Crippen molar-refractivity contribution in [2.75, 3.05) is 13.1 Å². The van der Waals surface area contributed by atoms with E-state index in [-0.39, 0.29) is 0 Å². The van der Waals surface area contributed by atoms with E-state index < -0.39 is 5.60 Å². The van der Waals surface area contributed by atoms with Gasteiger partial charge in [-0.1, -0.05) is 0 Å². The van der Waals surface area contributed by atoms with Crippen molar-refractivity contribution in [1.82, 2.24) is 14.9 Å². The lowest BCUT2D eigenvalue weighted by Crippen LogP contribution is -2.35. The molecule has 0 bridgehead atoms. The molecule has 1 aromatic rings. The van der Waals surface area contributed by atoms with Crippen LogP contribution in [0, 0.1) is 0 Å². The van der Waals surface area contributed by atoms with Gasteiger partial charge in [-0.3, -0.25) is 0 Å². The fraction of sp³-hybridized carbons (Fsp3) is 0.625. The van der Waals surface area contributed by atoms with Crippen molar-refractivity contribution in [3.63, 3.8) is 0 Å². The fourth-order valence-corrected chi connectivity index (χ4v) is 1.59. The number of imidazole rings is 1. The molecule has 2 rings (SSSR count). The fourth-order valence-electron chi connectivity index (χ4n) is 1.59. The van der Waals surface area contributed by atoms with Gasteiger partial charge < -0.3 is 15.0 Å². The maximum Gasteiger partial charge on any atom is 0.0961 e. The minimum absolute atomic E-state index is 0.569. The molecule has 66 valence electrons. The lowest BCUT2D eigenvalue weighted by atomic mass is 10.0. The molecule has 0 aromatic carbocycles. The SMILES string of the molecule is OC1(Cn2ccnc2)CCNC1. The summed E-state index contributed by atoms with van der Waals surface area (Å²) < 4.78 is 1.91. The Morgan fingerprint density at radius 3 is 3.17 bits per heavy atom. The highest BCUT2D eigenvalue weighted by Crippen LogP contribution is 2.16. The first-order chi connectivity index (χ1) is 5.79. The van der Waals surface area contributed by atoms with E-state index in [1.807, 2.05) is 10.8 Å². The van der Waals surface area contributed by atoms with Crippen LogP contribution in [0.5, 0.6) is 0 Å². The summed E-state index contributed by atoms with van der Waals surface area (Å²) in [6, 6.07) is 0. The van der Waals surface area contributed by atoms with Crippen molar-refractivity contribution in [2.24, 2.45) is 0 Å². The largest absolute Gasteiger partial charge is 0.387 e. The Morgan fingerprint density at radius 1 is 1.67 bits per heavy atom. The zero-order chi connectivity index (χ0) is 8.44. The molecule has 0 amide bonds. The summed E-state index contributed by atoms with van der Waals surface area (Å²) in [4.78, 5) is 3.93. The standard InChI is InChI=1S/C8H13N3O/c12-8(1-2-9-5-8)6-11-4-3-10-7-11/h3-4,7,9,12H,1-2,5-6H2. The van der Waals surface area contributed by atoms with Gasteiger partial charge in [0.05, 0.1) is 18.5 Å². The third-order valence-corrected chi connectivity index (χ3v) is 2.26. The predicted molar refractivity (Wildman–Crippen MR) is 44.7 cm³/mol. The number of hydrogen-bond donors (Lipinski definition) is 2. The van der Waals surface area contributed by atoms with Crippen molar-refractivity contribution in [3.05, 3.63) is 18.7 Å². The van der Waals surface area contributed by atoms with Crippen molar-refractivity contribution >= 4 is 0 Å². The molecular formula is C8H13N3O. The number of nitrogens with zero attached hydrogens (tertiary/aromatic N) is 2.